The Bertz CT molecular complexity index is 785. The van der Waals surface area contributed by atoms with Gasteiger partial charge in [0.2, 0.25) is 0 Å². The molecule has 1 atom stereocenters. The minimum absolute atomic E-state index is 0.323. The summed E-state index contributed by atoms with van der Waals surface area (Å²) in [5, 5.41) is 0. The van der Waals surface area contributed by atoms with E-state index in [-0.39, 0.29) is 12.1 Å². The highest BCUT2D eigenvalue weighted by Gasteiger charge is 2.14. The van der Waals surface area contributed by atoms with Crippen molar-refractivity contribution in [2.45, 2.75) is 13.0 Å². The Morgan fingerprint density at radius 1 is 0.957 bits per heavy atom. The molecule has 3 heteroatoms. The van der Waals surface area contributed by atoms with Gasteiger partial charge in [0.05, 0.1) is 11.3 Å². The molecule has 1 heterocycles. The van der Waals surface area contributed by atoms with E-state index < -0.39 is 0 Å². The lowest BCUT2D eigenvalue weighted by Crippen LogP contribution is -2.09. The normalized spacial score (nSPS) is 11.7. The number of benzene rings is 2. The predicted octanol–water partition coefficient (Wildman–Crippen LogP) is 4.67. The summed E-state index contributed by atoms with van der Waals surface area (Å²) in [6.07, 6.45) is 1.40. The molecule has 2 aromatic carbocycles. The Morgan fingerprint density at radius 2 is 1.61 bits per heavy atom. The zero-order valence-corrected chi connectivity index (χ0v) is 12.8. The number of carbonyl (C=O) groups excluding carboxylic acids is 1. The van der Waals surface area contributed by atoms with Crippen molar-refractivity contribution in [3.8, 4) is 11.3 Å². The molecular formula is C20H17NO2. The maximum absolute atomic E-state index is 12.1. The summed E-state index contributed by atoms with van der Waals surface area (Å²) in [7, 11) is 0. The van der Waals surface area contributed by atoms with Gasteiger partial charge in [-0.25, -0.2) is 4.79 Å². The van der Waals surface area contributed by atoms with Gasteiger partial charge in [0.15, 0.2) is 0 Å². The van der Waals surface area contributed by atoms with Crippen LogP contribution in [-0.4, -0.2) is 11.0 Å². The number of carbonyl (C=O) groups is 1. The van der Waals surface area contributed by atoms with Crippen LogP contribution in [0.4, 0.5) is 0 Å². The van der Waals surface area contributed by atoms with Crippen molar-refractivity contribution in [1.29, 1.82) is 0 Å². The van der Waals surface area contributed by atoms with E-state index in [0.29, 0.717) is 5.56 Å². The molecule has 0 saturated heterocycles. The van der Waals surface area contributed by atoms with E-state index in [0.717, 1.165) is 16.8 Å². The fourth-order valence-corrected chi connectivity index (χ4v) is 2.34. The fourth-order valence-electron chi connectivity index (χ4n) is 2.34. The van der Waals surface area contributed by atoms with Crippen LogP contribution in [0, 0.1) is 0 Å². The molecule has 0 bridgehead atoms. The zero-order chi connectivity index (χ0) is 16.1. The van der Waals surface area contributed by atoms with Gasteiger partial charge in [-0.3, -0.25) is 4.98 Å². The third-order valence-corrected chi connectivity index (χ3v) is 3.62. The average molecular weight is 303 g/mol. The third-order valence-electron chi connectivity index (χ3n) is 3.62. The van der Waals surface area contributed by atoms with Gasteiger partial charge in [-0.1, -0.05) is 48.5 Å². The van der Waals surface area contributed by atoms with Gasteiger partial charge in [-0.05, 0) is 36.8 Å². The topological polar surface area (TPSA) is 39.2 Å². The molecule has 0 amide bonds. The van der Waals surface area contributed by atoms with E-state index in [9.17, 15) is 4.79 Å². The van der Waals surface area contributed by atoms with Gasteiger partial charge < -0.3 is 4.74 Å². The number of nitrogens with zero attached hydrogens (tertiary/aromatic N) is 1. The summed E-state index contributed by atoms with van der Waals surface area (Å²) >= 11 is 0. The lowest BCUT2D eigenvalue weighted by molar-refractivity contribution is 0.0338. The molecule has 3 rings (SSSR count). The van der Waals surface area contributed by atoms with Crippen molar-refractivity contribution < 1.29 is 9.53 Å². The SMILES string of the molecule is CC(OC(=O)c1ccccc1)c1ccnc(-c2ccccc2)c1. The summed E-state index contributed by atoms with van der Waals surface area (Å²) in [6.45, 7) is 1.87. The highest BCUT2D eigenvalue weighted by Crippen LogP contribution is 2.23. The van der Waals surface area contributed by atoms with E-state index in [1.807, 2.05) is 67.6 Å². The highest BCUT2D eigenvalue weighted by atomic mass is 16.5. The van der Waals surface area contributed by atoms with Crippen LogP contribution in [0.25, 0.3) is 11.3 Å². The summed E-state index contributed by atoms with van der Waals surface area (Å²) in [5.41, 5.74) is 3.38. The molecule has 0 N–H and O–H groups in total. The lowest BCUT2D eigenvalue weighted by atomic mass is 10.1. The predicted molar refractivity (Wildman–Crippen MR) is 89.9 cm³/mol. The molecule has 114 valence electrons. The van der Waals surface area contributed by atoms with Gasteiger partial charge >= 0.3 is 5.97 Å². The Labute approximate surface area is 135 Å². The molecule has 0 aliphatic carbocycles. The molecule has 0 spiro atoms. The minimum Gasteiger partial charge on any atom is -0.454 e. The number of esters is 1. The van der Waals surface area contributed by atoms with Crippen LogP contribution < -0.4 is 0 Å². The van der Waals surface area contributed by atoms with Crippen molar-refractivity contribution >= 4 is 5.97 Å². The first-order chi connectivity index (χ1) is 11.2. The number of ether oxygens (including phenoxy) is 1. The molecular weight excluding hydrogens is 286 g/mol. The van der Waals surface area contributed by atoms with Crippen molar-refractivity contribution in [3.63, 3.8) is 0 Å². The minimum atomic E-state index is -0.340. The molecule has 1 unspecified atom stereocenters. The zero-order valence-electron chi connectivity index (χ0n) is 12.8. The molecule has 0 aliphatic heterocycles. The third kappa shape index (κ3) is 3.64. The van der Waals surface area contributed by atoms with Gasteiger partial charge in [0.1, 0.15) is 6.10 Å². The van der Waals surface area contributed by atoms with Crippen molar-refractivity contribution in [1.82, 2.24) is 4.98 Å². The molecule has 0 saturated carbocycles. The fraction of sp³-hybridized carbons (Fsp3) is 0.100. The summed E-state index contributed by atoms with van der Waals surface area (Å²) in [5.74, 6) is -0.323. The smallest absolute Gasteiger partial charge is 0.338 e. The van der Waals surface area contributed by atoms with Crippen molar-refractivity contribution in [2.24, 2.45) is 0 Å². The first-order valence-electron chi connectivity index (χ1n) is 7.51. The monoisotopic (exact) mass is 303 g/mol. The number of hydrogen-bond acceptors (Lipinski definition) is 3. The molecule has 3 nitrogen and oxygen atoms in total. The van der Waals surface area contributed by atoms with Gasteiger partial charge in [0.25, 0.3) is 0 Å². The second-order valence-corrected chi connectivity index (χ2v) is 5.25. The standard InChI is InChI=1S/C20H17NO2/c1-15(23-20(22)17-10-6-3-7-11-17)18-12-13-21-19(14-18)16-8-4-2-5-9-16/h2-15H,1H3. The number of hydrogen-bond donors (Lipinski definition) is 0. The number of rotatable bonds is 4. The molecule has 0 fully saturated rings. The molecule has 3 aromatic rings. The molecule has 1 aromatic heterocycles. The summed E-state index contributed by atoms with van der Waals surface area (Å²) in [4.78, 5) is 16.5. The van der Waals surface area contributed by atoms with Crippen molar-refractivity contribution in [3.05, 3.63) is 90.1 Å². The van der Waals surface area contributed by atoms with Crippen LogP contribution in [0.15, 0.2) is 79.0 Å². The first-order valence-corrected chi connectivity index (χ1v) is 7.51. The van der Waals surface area contributed by atoms with Gasteiger partial charge in [0, 0.05) is 11.8 Å². The van der Waals surface area contributed by atoms with E-state index in [2.05, 4.69) is 4.98 Å². The van der Waals surface area contributed by atoms with Crippen LogP contribution >= 0.6 is 0 Å². The van der Waals surface area contributed by atoms with Crippen LogP contribution in [0.1, 0.15) is 28.9 Å². The number of aromatic nitrogens is 1. The van der Waals surface area contributed by atoms with Gasteiger partial charge in [-0.2, -0.15) is 0 Å². The van der Waals surface area contributed by atoms with Crippen LogP contribution in [0.3, 0.4) is 0 Å². The van der Waals surface area contributed by atoms with Gasteiger partial charge in [-0.15, -0.1) is 0 Å². The van der Waals surface area contributed by atoms with E-state index in [1.165, 1.54) is 0 Å². The van der Waals surface area contributed by atoms with E-state index in [4.69, 9.17) is 4.74 Å². The molecule has 0 radical (unpaired) electrons. The largest absolute Gasteiger partial charge is 0.454 e. The second kappa shape index (κ2) is 6.88. The van der Waals surface area contributed by atoms with Crippen LogP contribution in [-0.2, 0) is 4.74 Å². The Kier molecular flexibility index (Phi) is 4.48. The first kappa shape index (κ1) is 15.0. The van der Waals surface area contributed by atoms with Crippen molar-refractivity contribution in [2.75, 3.05) is 0 Å². The quantitative estimate of drug-likeness (QED) is 0.658. The van der Waals surface area contributed by atoms with E-state index >= 15 is 0 Å². The van der Waals surface area contributed by atoms with Crippen LogP contribution in [0.2, 0.25) is 0 Å². The van der Waals surface area contributed by atoms with Crippen LogP contribution in [0.5, 0.6) is 0 Å². The van der Waals surface area contributed by atoms with E-state index in [1.54, 1.807) is 18.3 Å². The Hall–Kier alpha value is -2.94. The molecule has 23 heavy (non-hydrogen) atoms. The maximum atomic E-state index is 12.1. The Morgan fingerprint density at radius 3 is 2.30 bits per heavy atom. The molecule has 0 aliphatic rings. The average Bonchev–Trinajstić information content (AvgIpc) is 2.63. The summed E-state index contributed by atoms with van der Waals surface area (Å²) in [6, 6.07) is 22.8. The number of pyridine rings is 1. The second-order valence-electron chi connectivity index (χ2n) is 5.25. The maximum Gasteiger partial charge on any atom is 0.338 e. The lowest BCUT2D eigenvalue weighted by Gasteiger charge is -2.14. The highest BCUT2D eigenvalue weighted by molar-refractivity contribution is 5.89. The summed E-state index contributed by atoms with van der Waals surface area (Å²) < 4.78 is 5.55. The Balaban J connectivity index is 1.78.